The maximum Gasteiger partial charge on any atom is 0.228 e. The first-order chi connectivity index (χ1) is 9.45. The zero-order valence-electron chi connectivity index (χ0n) is 13.8. The Morgan fingerprint density at radius 2 is 2.05 bits per heavy atom. The van der Waals surface area contributed by atoms with E-state index in [0.29, 0.717) is 17.2 Å². The fourth-order valence-electron chi connectivity index (χ4n) is 3.99. The Kier molecular flexibility index (Phi) is 4.78. The van der Waals surface area contributed by atoms with Crippen molar-refractivity contribution in [1.29, 1.82) is 0 Å². The Hall–Kier alpha value is -0.570. The first-order valence-electron chi connectivity index (χ1n) is 8.45. The zero-order valence-corrected chi connectivity index (χ0v) is 13.8. The van der Waals surface area contributed by atoms with E-state index in [1.165, 1.54) is 32.1 Å². The second-order valence-corrected chi connectivity index (χ2v) is 7.45. The third-order valence-electron chi connectivity index (χ3n) is 6.09. The van der Waals surface area contributed by atoms with Crippen molar-refractivity contribution in [2.45, 2.75) is 59.8 Å². The van der Waals surface area contributed by atoms with Gasteiger partial charge >= 0.3 is 0 Å². The van der Waals surface area contributed by atoms with E-state index < -0.39 is 0 Å². The van der Waals surface area contributed by atoms with Crippen LogP contribution in [-0.4, -0.2) is 37.0 Å². The van der Waals surface area contributed by atoms with Crippen LogP contribution in [0.1, 0.15) is 59.8 Å². The van der Waals surface area contributed by atoms with Crippen molar-refractivity contribution in [2.75, 3.05) is 26.2 Å². The number of carbonyl (C=O) groups is 1. The van der Waals surface area contributed by atoms with Gasteiger partial charge in [0.2, 0.25) is 5.91 Å². The molecule has 1 amide bonds. The lowest BCUT2D eigenvalue weighted by Gasteiger charge is -2.39. The summed E-state index contributed by atoms with van der Waals surface area (Å²) in [7, 11) is 0. The van der Waals surface area contributed by atoms with Crippen LogP contribution in [0.2, 0.25) is 0 Å². The number of likely N-dealkylation sites (tertiary alicyclic amines) is 1. The minimum Gasteiger partial charge on any atom is -0.342 e. The highest BCUT2D eigenvalue weighted by molar-refractivity contribution is 5.82. The van der Waals surface area contributed by atoms with Crippen LogP contribution in [0.3, 0.4) is 0 Å². The molecular weight excluding hydrogens is 248 g/mol. The monoisotopic (exact) mass is 280 g/mol. The minimum atomic E-state index is -0.217. The molecule has 0 aliphatic carbocycles. The number of nitrogens with one attached hydrogen (secondary N) is 1. The molecule has 0 radical (unpaired) electrons. The molecule has 1 unspecified atom stereocenters. The second kappa shape index (κ2) is 6.05. The first-order valence-corrected chi connectivity index (χ1v) is 8.45. The largest absolute Gasteiger partial charge is 0.342 e. The van der Waals surface area contributed by atoms with Gasteiger partial charge in [0.1, 0.15) is 0 Å². The summed E-state index contributed by atoms with van der Waals surface area (Å²) in [5.41, 5.74) is 0.168. The lowest BCUT2D eigenvalue weighted by atomic mass is 9.74. The Balaban J connectivity index is 2.03. The zero-order chi connectivity index (χ0) is 14.8. The number of hydrogen-bond donors (Lipinski definition) is 1. The van der Waals surface area contributed by atoms with E-state index in [9.17, 15) is 4.79 Å². The van der Waals surface area contributed by atoms with Crippen molar-refractivity contribution in [3.63, 3.8) is 0 Å². The summed E-state index contributed by atoms with van der Waals surface area (Å²) in [6.45, 7) is 12.9. The molecule has 116 valence electrons. The maximum atomic E-state index is 13.0. The summed E-state index contributed by atoms with van der Waals surface area (Å²) in [6.07, 6.45) is 5.96. The number of hydrogen-bond acceptors (Lipinski definition) is 2. The minimum absolute atomic E-state index is 0.217. The number of amides is 1. The third-order valence-corrected chi connectivity index (χ3v) is 6.09. The van der Waals surface area contributed by atoms with Gasteiger partial charge in [-0.3, -0.25) is 4.79 Å². The van der Waals surface area contributed by atoms with Gasteiger partial charge in [0, 0.05) is 18.5 Å². The molecule has 0 spiro atoms. The molecule has 2 rings (SSSR count). The highest BCUT2D eigenvalue weighted by atomic mass is 16.2. The predicted octanol–water partition coefficient (Wildman–Crippen LogP) is 3.05. The third kappa shape index (κ3) is 2.88. The summed E-state index contributed by atoms with van der Waals surface area (Å²) in [5.74, 6) is 0.872. The molecule has 0 aromatic heterocycles. The molecular formula is C17H32N2O. The highest BCUT2D eigenvalue weighted by Gasteiger charge is 2.44. The topological polar surface area (TPSA) is 32.3 Å². The van der Waals surface area contributed by atoms with Crippen LogP contribution in [0.15, 0.2) is 0 Å². The first kappa shape index (κ1) is 15.8. The normalized spacial score (nSPS) is 26.8. The fraction of sp³-hybridized carbons (Fsp3) is 0.941. The van der Waals surface area contributed by atoms with Gasteiger partial charge in [0.25, 0.3) is 0 Å². The summed E-state index contributed by atoms with van der Waals surface area (Å²) < 4.78 is 0. The molecule has 2 aliphatic heterocycles. The van der Waals surface area contributed by atoms with Gasteiger partial charge in [-0.05, 0) is 56.5 Å². The lowest BCUT2D eigenvalue weighted by Crippen LogP contribution is -2.48. The second-order valence-electron chi connectivity index (χ2n) is 7.45. The Labute approximate surface area is 124 Å². The van der Waals surface area contributed by atoms with Crippen LogP contribution < -0.4 is 5.32 Å². The van der Waals surface area contributed by atoms with Crippen molar-refractivity contribution in [3.05, 3.63) is 0 Å². The van der Waals surface area contributed by atoms with E-state index in [1.807, 2.05) is 0 Å². The van der Waals surface area contributed by atoms with Crippen LogP contribution in [0.4, 0.5) is 0 Å². The van der Waals surface area contributed by atoms with Crippen LogP contribution in [0.5, 0.6) is 0 Å². The molecule has 0 aromatic rings. The lowest BCUT2D eigenvalue weighted by molar-refractivity contribution is -0.143. The van der Waals surface area contributed by atoms with E-state index in [0.717, 1.165) is 26.2 Å². The van der Waals surface area contributed by atoms with Gasteiger partial charge in [0.15, 0.2) is 0 Å². The maximum absolute atomic E-state index is 13.0. The number of rotatable bonds is 4. The smallest absolute Gasteiger partial charge is 0.228 e. The number of nitrogens with zero attached hydrogens (tertiary/aromatic N) is 1. The van der Waals surface area contributed by atoms with Crippen LogP contribution in [-0.2, 0) is 4.79 Å². The van der Waals surface area contributed by atoms with Crippen molar-refractivity contribution < 1.29 is 4.79 Å². The highest BCUT2D eigenvalue weighted by Crippen LogP contribution is 2.40. The summed E-state index contributed by atoms with van der Waals surface area (Å²) in [5, 5.41) is 3.45. The van der Waals surface area contributed by atoms with Crippen molar-refractivity contribution in [1.82, 2.24) is 10.2 Å². The predicted molar refractivity (Wildman–Crippen MR) is 83.6 cm³/mol. The molecule has 0 bridgehead atoms. The fourth-order valence-corrected chi connectivity index (χ4v) is 3.99. The molecule has 20 heavy (non-hydrogen) atoms. The van der Waals surface area contributed by atoms with Crippen molar-refractivity contribution in [2.24, 2.45) is 16.7 Å². The summed E-state index contributed by atoms with van der Waals surface area (Å²) in [4.78, 5) is 15.1. The SMILES string of the molecule is CCC1(CC)CCN(C(=O)C(C)(C)C2CCCNC2)C1. The van der Waals surface area contributed by atoms with Gasteiger partial charge in [0.05, 0.1) is 0 Å². The number of carbonyl (C=O) groups excluding carboxylic acids is 1. The Morgan fingerprint density at radius 3 is 2.55 bits per heavy atom. The summed E-state index contributed by atoms with van der Waals surface area (Å²) in [6, 6.07) is 0. The molecule has 2 heterocycles. The van der Waals surface area contributed by atoms with E-state index in [-0.39, 0.29) is 5.41 Å². The molecule has 0 aromatic carbocycles. The molecule has 0 saturated carbocycles. The molecule has 2 saturated heterocycles. The Morgan fingerprint density at radius 1 is 1.35 bits per heavy atom. The van der Waals surface area contributed by atoms with Crippen molar-refractivity contribution >= 4 is 5.91 Å². The quantitative estimate of drug-likeness (QED) is 0.858. The van der Waals surface area contributed by atoms with E-state index >= 15 is 0 Å². The van der Waals surface area contributed by atoms with Gasteiger partial charge in [-0.25, -0.2) is 0 Å². The van der Waals surface area contributed by atoms with Crippen molar-refractivity contribution in [3.8, 4) is 0 Å². The van der Waals surface area contributed by atoms with Crippen LogP contribution in [0, 0.1) is 16.7 Å². The molecule has 3 nitrogen and oxygen atoms in total. The van der Waals surface area contributed by atoms with Crippen LogP contribution >= 0.6 is 0 Å². The van der Waals surface area contributed by atoms with Gasteiger partial charge in [-0.15, -0.1) is 0 Å². The molecule has 3 heteroatoms. The van der Waals surface area contributed by atoms with E-state index in [1.54, 1.807) is 0 Å². The number of piperidine rings is 1. The van der Waals surface area contributed by atoms with E-state index in [4.69, 9.17) is 0 Å². The molecule has 2 aliphatic rings. The molecule has 1 atom stereocenters. The average molecular weight is 280 g/mol. The van der Waals surface area contributed by atoms with Gasteiger partial charge in [-0.1, -0.05) is 27.7 Å². The molecule has 2 fully saturated rings. The van der Waals surface area contributed by atoms with E-state index in [2.05, 4.69) is 37.9 Å². The standard InChI is InChI=1S/C17H32N2O/c1-5-17(6-2)9-11-19(13-17)15(20)16(3,4)14-8-7-10-18-12-14/h14,18H,5-13H2,1-4H3. The van der Waals surface area contributed by atoms with Gasteiger partial charge < -0.3 is 10.2 Å². The van der Waals surface area contributed by atoms with Gasteiger partial charge in [-0.2, -0.15) is 0 Å². The van der Waals surface area contributed by atoms with Crippen LogP contribution in [0.25, 0.3) is 0 Å². The molecule has 1 N–H and O–H groups in total. The average Bonchev–Trinajstić information content (AvgIpc) is 2.92. The Bertz CT molecular complexity index is 341. The summed E-state index contributed by atoms with van der Waals surface area (Å²) >= 11 is 0.